The van der Waals surface area contributed by atoms with Gasteiger partial charge in [-0.1, -0.05) is 68.1 Å². The van der Waals surface area contributed by atoms with Crippen molar-refractivity contribution in [2.75, 3.05) is 38.0 Å². The lowest BCUT2D eigenvalue weighted by Crippen LogP contribution is -2.09. The quantitative estimate of drug-likeness (QED) is 0.364. The van der Waals surface area contributed by atoms with Crippen LogP contribution in [0.4, 0.5) is 11.4 Å². The molecule has 4 aromatic carbocycles. The van der Waals surface area contributed by atoms with Gasteiger partial charge in [-0.25, -0.2) is 0 Å². The molecule has 0 fully saturated rings. The first-order chi connectivity index (χ1) is 13.4. The third-order valence-electron chi connectivity index (χ3n) is 5.20. The van der Waals surface area contributed by atoms with Crippen molar-refractivity contribution in [2.24, 2.45) is 0 Å². The largest absolute Gasteiger partial charge is 0.377 e. The Labute approximate surface area is 176 Å². The van der Waals surface area contributed by atoms with Crippen LogP contribution in [0.2, 0.25) is 0 Å². The third-order valence-corrected chi connectivity index (χ3v) is 5.20. The van der Waals surface area contributed by atoms with Gasteiger partial charge in [-0.2, -0.15) is 0 Å². The zero-order chi connectivity index (χ0) is 20.3. The minimum Gasteiger partial charge on any atom is -0.377 e. The van der Waals surface area contributed by atoms with Gasteiger partial charge in [0.15, 0.2) is 0 Å². The highest BCUT2D eigenvalue weighted by Gasteiger charge is 2.04. The van der Waals surface area contributed by atoms with Crippen molar-refractivity contribution < 1.29 is 0 Å². The average Bonchev–Trinajstić information content (AvgIpc) is 2.68. The summed E-state index contributed by atoms with van der Waals surface area (Å²) in [5.74, 6) is 0. The smallest absolute Gasteiger partial charge is 0.0440 e. The predicted molar refractivity (Wildman–Crippen MR) is 133 cm³/mol. The lowest BCUT2D eigenvalue weighted by Gasteiger charge is -2.16. The molecule has 0 atom stereocenters. The van der Waals surface area contributed by atoms with Crippen LogP contribution < -0.4 is 9.80 Å². The zero-order valence-corrected chi connectivity index (χ0v) is 17.8. The summed E-state index contributed by atoms with van der Waals surface area (Å²) in [6.07, 6.45) is 0. The number of benzene rings is 4. The first-order valence-electron chi connectivity index (χ1n) is 9.71. The van der Waals surface area contributed by atoms with E-state index in [-0.39, 0.29) is 7.43 Å². The maximum Gasteiger partial charge on any atom is 0.0440 e. The summed E-state index contributed by atoms with van der Waals surface area (Å²) in [5, 5.41) is 5.35. The Bertz CT molecular complexity index is 1050. The van der Waals surface area contributed by atoms with Crippen molar-refractivity contribution in [3.05, 3.63) is 83.9 Å². The molecular weight excluding hydrogens is 352 g/mol. The molecule has 2 heteroatoms. The molecule has 4 aromatic rings. The first-order valence-corrected chi connectivity index (χ1v) is 9.71. The molecule has 0 radical (unpaired) electrons. The third kappa shape index (κ3) is 4.71. The van der Waals surface area contributed by atoms with Crippen molar-refractivity contribution in [1.82, 2.24) is 0 Å². The second-order valence-corrected chi connectivity index (χ2v) is 7.68. The first kappa shape index (κ1) is 22.3. The Morgan fingerprint density at radius 1 is 0.448 bits per heavy atom. The molecule has 0 unspecified atom stereocenters. The number of hydrogen-bond acceptors (Lipinski definition) is 2. The van der Waals surface area contributed by atoms with E-state index >= 15 is 0 Å². The molecule has 0 heterocycles. The Kier molecular flexibility index (Phi) is 7.28. The van der Waals surface area contributed by atoms with Gasteiger partial charge in [0, 0.05) is 50.3 Å². The maximum atomic E-state index is 2.18. The topological polar surface area (TPSA) is 6.48 Å². The van der Waals surface area contributed by atoms with Crippen LogP contribution in [0.15, 0.2) is 72.8 Å². The molecule has 4 rings (SSSR count). The number of fused-ring (bicyclic) bond motifs is 2. The second kappa shape index (κ2) is 9.47. The predicted octanol–water partition coefficient (Wildman–Crippen LogP) is 7.06. The van der Waals surface area contributed by atoms with Gasteiger partial charge >= 0.3 is 0 Å². The molecule has 0 amide bonds. The monoisotopic (exact) mass is 386 g/mol. The van der Waals surface area contributed by atoms with Gasteiger partial charge in [-0.3, -0.25) is 0 Å². The van der Waals surface area contributed by atoms with Crippen LogP contribution in [0.3, 0.4) is 0 Å². The molecule has 0 aliphatic rings. The average molecular weight is 387 g/mol. The van der Waals surface area contributed by atoms with Crippen molar-refractivity contribution in [3.8, 4) is 0 Å². The summed E-state index contributed by atoms with van der Waals surface area (Å²) < 4.78 is 0. The molecule has 0 N–H and O–H groups in total. The van der Waals surface area contributed by atoms with Crippen LogP contribution >= 0.6 is 0 Å². The van der Waals surface area contributed by atoms with Gasteiger partial charge in [0.05, 0.1) is 0 Å². The van der Waals surface area contributed by atoms with Crippen molar-refractivity contribution >= 4 is 32.9 Å². The SMILES string of the molecule is C.Cc1ccc(N(C)C)c2ccccc12.Cc1cccc2c(N(C)C)cccc12. The van der Waals surface area contributed by atoms with Crippen LogP contribution in [-0.4, -0.2) is 28.2 Å². The summed E-state index contributed by atoms with van der Waals surface area (Å²) in [4.78, 5) is 4.31. The molecular formula is C27H34N2. The van der Waals surface area contributed by atoms with E-state index in [0.29, 0.717) is 0 Å². The minimum atomic E-state index is 0. The van der Waals surface area contributed by atoms with Crippen molar-refractivity contribution in [3.63, 3.8) is 0 Å². The van der Waals surface area contributed by atoms with E-state index in [1.807, 2.05) is 0 Å². The van der Waals surface area contributed by atoms with Gasteiger partial charge in [0.1, 0.15) is 0 Å². The molecule has 0 aromatic heterocycles. The summed E-state index contributed by atoms with van der Waals surface area (Å²) in [7, 11) is 8.32. The standard InChI is InChI=1S/2C13H15N.CH4/c1-10-6-4-8-12-11(10)7-5-9-13(12)14(2)3;1-10-8-9-13(14(2)3)12-7-5-4-6-11(10)12;/h2*4-9H,1-3H3;1H4. The number of aryl methyl sites for hydroxylation is 2. The highest BCUT2D eigenvalue weighted by Crippen LogP contribution is 2.28. The van der Waals surface area contributed by atoms with Crippen LogP contribution in [0.5, 0.6) is 0 Å². The molecule has 0 saturated carbocycles. The molecule has 29 heavy (non-hydrogen) atoms. The van der Waals surface area contributed by atoms with E-state index in [4.69, 9.17) is 0 Å². The highest BCUT2D eigenvalue weighted by molar-refractivity contribution is 5.96. The molecule has 0 spiro atoms. The number of anilines is 2. The highest BCUT2D eigenvalue weighted by atomic mass is 15.1. The van der Waals surface area contributed by atoms with Crippen molar-refractivity contribution in [1.29, 1.82) is 0 Å². The van der Waals surface area contributed by atoms with E-state index in [1.54, 1.807) is 0 Å². The fourth-order valence-electron chi connectivity index (χ4n) is 3.66. The van der Waals surface area contributed by atoms with Gasteiger partial charge in [0.2, 0.25) is 0 Å². The molecule has 0 aliphatic carbocycles. The lowest BCUT2D eigenvalue weighted by molar-refractivity contribution is 1.14. The minimum absolute atomic E-state index is 0. The van der Waals surface area contributed by atoms with E-state index in [2.05, 4.69) is 125 Å². The summed E-state index contributed by atoms with van der Waals surface area (Å²) in [6.45, 7) is 4.31. The molecule has 0 saturated heterocycles. The Morgan fingerprint density at radius 3 is 1.45 bits per heavy atom. The Morgan fingerprint density at radius 2 is 0.862 bits per heavy atom. The molecule has 0 bridgehead atoms. The van der Waals surface area contributed by atoms with Gasteiger partial charge in [-0.15, -0.1) is 0 Å². The second-order valence-electron chi connectivity index (χ2n) is 7.68. The normalized spacial score (nSPS) is 10.1. The van der Waals surface area contributed by atoms with Crippen LogP contribution in [0.1, 0.15) is 18.6 Å². The van der Waals surface area contributed by atoms with E-state index in [1.165, 1.54) is 44.0 Å². The van der Waals surface area contributed by atoms with Gasteiger partial charge < -0.3 is 9.80 Å². The van der Waals surface area contributed by atoms with E-state index in [9.17, 15) is 0 Å². The molecule has 2 nitrogen and oxygen atoms in total. The van der Waals surface area contributed by atoms with E-state index < -0.39 is 0 Å². The zero-order valence-electron chi connectivity index (χ0n) is 17.8. The lowest BCUT2D eigenvalue weighted by atomic mass is 10.0. The molecule has 0 aliphatic heterocycles. The summed E-state index contributed by atoms with van der Waals surface area (Å²) in [6, 6.07) is 25.8. The van der Waals surface area contributed by atoms with Gasteiger partial charge in [-0.05, 0) is 47.9 Å². The fourth-order valence-corrected chi connectivity index (χ4v) is 3.66. The Hall–Kier alpha value is -3.00. The van der Waals surface area contributed by atoms with Crippen LogP contribution in [0, 0.1) is 13.8 Å². The van der Waals surface area contributed by atoms with Gasteiger partial charge in [0.25, 0.3) is 0 Å². The number of hydrogen-bond donors (Lipinski definition) is 0. The molecule has 152 valence electrons. The number of nitrogens with zero attached hydrogens (tertiary/aromatic N) is 2. The maximum absolute atomic E-state index is 2.18. The summed E-state index contributed by atoms with van der Waals surface area (Å²) >= 11 is 0. The van der Waals surface area contributed by atoms with Crippen LogP contribution in [0.25, 0.3) is 21.5 Å². The van der Waals surface area contributed by atoms with Crippen LogP contribution in [-0.2, 0) is 0 Å². The Balaban J connectivity index is 0.000000200. The van der Waals surface area contributed by atoms with Crippen molar-refractivity contribution in [2.45, 2.75) is 21.3 Å². The van der Waals surface area contributed by atoms with E-state index in [0.717, 1.165) is 0 Å². The number of rotatable bonds is 2. The fraction of sp³-hybridized carbons (Fsp3) is 0.259. The summed E-state index contributed by atoms with van der Waals surface area (Å²) in [5.41, 5.74) is 5.25.